The van der Waals surface area contributed by atoms with Gasteiger partial charge in [-0.2, -0.15) is 0 Å². The highest BCUT2D eigenvalue weighted by Gasteiger charge is 2.05. The van der Waals surface area contributed by atoms with Crippen molar-refractivity contribution < 1.29 is 9.47 Å². The zero-order valence-electron chi connectivity index (χ0n) is 9.67. The molecule has 0 saturated heterocycles. The van der Waals surface area contributed by atoms with Gasteiger partial charge in [0.2, 0.25) is 0 Å². The summed E-state index contributed by atoms with van der Waals surface area (Å²) >= 11 is 0. The zero-order chi connectivity index (χ0) is 11.1. The average Bonchev–Trinajstić information content (AvgIpc) is 2.48. The van der Waals surface area contributed by atoms with Gasteiger partial charge in [0.15, 0.2) is 0 Å². The van der Waals surface area contributed by atoms with Gasteiger partial charge in [-0.1, -0.05) is 6.92 Å². The maximum absolute atomic E-state index is 5.25. The van der Waals surface area contributed by atoms with E-state index in [1.807, 2.05) is 6.08 Å². The highest BCUT2D eigenvalue weighted by molar-refractivity contribution is 5.31. The third-order valence-corrected chi connectivity index (χ3v) is 2.27. The monoisotopic (exact) mass is 209 g/mol. The quantitative estimate of drug-likeness (QED) is 0.751. The molecule has 0 saturated carbocycles. The maximum Gasteiger partial charge on any atom is 0.122 e. The van der Waals surface area contributed by atoms with Crippen molar-refractivity contribution in [2.24, 2.45) is 0 Å². The summed E-state index contributed by atoms with van der Waals surface area (Å²) in [5, 5.41) is 3.30. The number of allylic oxidation sites excluding steroid dienone is 3. The summed E-state index contributed by atoms with van der Waals surface area (Å²) in [7, 11) is 3.34. The molecule has 0 spiro atoms. The van der Waals surface area contributed by atoms with Gasteiger partial charge in [0.25, 0.3) is 0 Å². The molecule has 0 aliphatic heterocycles. The van der Waals surface area contributed by atoms with Crippen molar-refractivity contribution in [2.75, 3.05) is 27.3 Å². The van der Waals surface area contributed by atoms with Gasteiger partial charge < -0.3 is 14.8 Å². The SMILES string of the molecule is CCNCC1=CC(OC)=CC(OC)=CC1. The minimum atomic E-state index is 0.841. The van der Waals surface area contributed by atoms with E-state index in [1.54, 1.807) is 14.2 Å². The molecule has 15 heavy (non-hydrogen) atoms. The van der Waals surface area contributed by atoms with Gasteiger partial charge >= 0.3 is 0 Å². The lowest BCUT2D eigenvalue weighted by Gasteiger charge is -2.05. The predicted molar refractivity (Wildman–Crippen MR) is 61.4 cm³/mol. The summed E-state index contributed by atoms with van der Waals surface area (Å²) in [6.45, 7) is 3.97. The Bertz CT molecular complexity index is 290. The second kappa shape index (κ2) is 6.30. The van der Waals surface area contributed by atoms with Crippen LogP contribution in [0.25, 0.3) is 0 Å². The summed E-state index contributed by atoms with van der Waals surface area (Å²) in [4.78, 5) is 0. The molecule has 0 aromatic heterocycles. The van der Waals surface area contributed by atoms with Crippen LogP contribution in [-0.4, -0.2) is 27.3 Å². The number of hydrogen-bond acceptors (Lipinski definition) is 3. The van der Waals surface area contributed by atoms with Gasteiger partial charge in [-0.25, -0.2) is 0 Å². The van der Waals surface area contributed by atoms with Crippen LogP contribution in [0.15, 0.2) is 35.3 Å². The van der Waals surface area contributed by atoms with E-state index < -0.39 is 0 Å². The number of nitrogens with one attached hydrogen (secondary N) is 1. The first-order chi connectivity index (χ1) is 7.30. The molecular weight excluding hydrogens is 190 g/mol. The minimum Gasteiger partial charge on any atom is -0.497 e. The lowest BCUT2D eigenvalue weighted by molar-refractivity contribution is 0.285. The molecule has 1 aliphatic carbocycles. The van der Waals surface area contributed by atoms with E-state index in [0.717, 1.165) is 31.0 Å². The van der Waals surface area contributed by atoms with Crippen molar-refractivity contribution in [3.8, 4) is 0 Å². The molecule has 1 N–H and O–H groups in total. The third kappa shape index (κ3) is 3.80. The Morgan fingerprint density at radius 3 is 2.53 bits per heavy atom. The number of methoxy groups -OCH3 is 2. The summed E-state index contributed by atoms with van der Waals surface area (Å²) in [6, 6.07) is 0. The molecule has 0 fully saturated rings. The predicted octanol–water partition coefficient (Wildman–Crippen LogP) is 1.99. The van der Waals surface area contributed by atoms with Crippen LogP contribution in [0.4, 0.5) is 0 Å². The standard InChI is InChI=1S/C12H19NO2/c1-4-13-9-10-5-6-11(14-2)8-12(7-10)15-3/h6-8,13H,4-5,9H2,1-3H3. The van der Waals surface area contributed by atoms with Crippen LogP contribution in [0.1, 0.15) is 13.3 Å². The molecule has 0 atom stereocenters. The summed E-state index contributed by atoms with van der Waals surface area (Å²) < 4.78 is 10.5. The Morgan fingerprint density at radius 1 is 1.20 bits per heavy atom. The van der Waals surface area contributed by atoms with Crippen LogP contribution >= 0.6 is 0 Å². The van der Waals surface area contributed by atoms with E-state index in [2.05, 4.69) is 24.4 Å². The molecule has 0 radical (unpaired) electrons. The lowest BCUT2D eigenvalue weighted by Crippen LogP contribution is -2.16. The molecule has 1 rings (SSSR count). The fraction of sp³-hybridized carbons (Fsp3) is 0.500. The topological polar surface area (TPSA) is 30.5 Å². The van der Waals surface area contributed by atoms with Crippen molar-refractivity contribution in [3.63, 3.8) is 0 Å². The van der Waals surface area contributed by atoms with E-state index >= 15 is 0 Å². The molecule has 0 aromatic rings. The Morgan fingerprint density at radius 2 is 1.93 bits per heavy atom. The van der Waals surface area contributed by atoms with Gasteiger partial charge in [-0.15, -0.1) is 0 Å². The number of hydrogen-bond donors (Lipinski definition) is 1. The van der Waals surface area contributed by atoms with E-state index in [-0.39, 0.29) is 0 Å². The largest absolute Gasteiger partial charge is 0.497 e. The van der Waals surface area contributed by atoms with Crippen molar-refractivity contribution in [3.05, 3.63) is 35.3 Å². The molecule has 1 aliphatic rings. The van der Waals surface area contributed by atoms with Crippen LogP contribution < -0.4 is 5.32 Å². The lowest BCUT2D eigenvalue weighted by atomic mass is 10.1. The molecule has 0 amide bonds. The fourth-order valence-electron chi connectivity index (χ4n) is 1.40. The van der Waals surface area contributed by atoms with E-state index in [1.165, 1.54) is 5.57 Å². The van der Waals surface area contributed by atoms with Crippen LogP contribution in [0.2, 0.25) is 0 Å². The zero-order valence-corrected chi connectivity index (χ0v) is 9.67. The van der Waals surface area contributed by atoms with Crippen LogP contribution in [0.3, 0.4) is 0 Å². The second-order valence-corrected chi connectivity index (χ2v) is 3.35. The molecule has 3 heteroatoms. The Balaban J connectivity index is 2.72. The van der Waals surface area contributed by atoms with Crippen molar-refractivity contribution in [1.82, 2.24) is 5.32 Å². The van der Waals surface area contributed by atoms with E-state index in [4.69, 9.17) is 9.47 Å². The Labute approximate surface area is 91.5 Å². The van der Waals surface area contributed by atoms with Crippen molar-refractivity contribution in [2.45, 2.75) is 13.3 Å². The molecule has 84 valence electrons. The molecule has 0 bridgehead atoms. The first-order valence-electron chi connectivity index (χ1n) is 5.20. The first kappa shape index (κ1) is 11.9. The van der Waals surface area contributed by atoms with Gasteiger partial charge in [0, 0.05) is 12.6 Å². The number of rotatable bonds is 5. The van der Waals surface area contributed by atoms with Gasteiger partial charge in [0.1, 0.15) is 11.5 Å². The average molecular weight is 209 g/mol. The highest BCUT2D eigenvalue weighted by atomic mass is 16.5. The third-order valence-electron chi connectivity index (χ3n) is 2.27. The fourth-order valence-corrected chi connectivity index (χ4v) is 1.40. The Kier molecular flexibility index (Phi) is 4.98. The summed E-state index contributed by atoms with van der Waals surface area (Å²) in [5.41, 5.74) is 1.30. The Hall–Kier alpha value is -1.22. The number of likely N-dealkylation sites (N-methyl/N-ethyl adjacent to an activating group) is 1. The maximum atomic E-state index is 5.25. The molecule has 0 unspecified atom stereocenters. The summed E-state index contributed by atoms with van der Waals surface area (Å²) in [6.07, 6.45) is 6.93. The van der Waals surface area contributed by atoms with Gasteiger partial charge in [-0.05, 0) is 30.7 Å². The second-order valence-electron chi connectivity index (χ2n) is 3.35. The van der Waals surface area contributed by atoms with Crippen LogP contribution in [-0.2, 0) is 9.47 Å². The molecular formula is C12H19NO2. The van der Waals surface area contributed by atoms with Crippen LogP contribution in [0, 0.1) is 0 Å². The molecule has 0 aromatic carbocycles. The minimum absolute atomic E-state index is 0.841. The molecule has 0 heterocycles. The van der Waals surface area contributed by atoms with E-state index in [9.17, 15) is 0 Å². The number of ether oxygens (including phenoxy) is 2. The van der Waals surface area contributed by atoms with Crippen molar-refractivity contribution in [1.29, 1.82) is 0 Å². The summed E-state index contributed by atoms with van der Waals surface area (Å²) in [5.74, 6) is 1.70. The van der Waals surface area contributed by atoms with Gasteiger partial charge in [-0.3, -0.25) is 0 Å². The normalized spacial score (nSPS) is 16.1. The van der Waals surface area contributed by atoms with Crippen molar-refractivity contribution >= 4 is 0 Å². The smallest absolute Gasteiger partial charge is 0.122 e. The van der Waals surface area contributed by atoms with E-state index in [0.29, 0.717) is 0 Å². The molecule has 3 nitrogen and oxygen atoms in total. The van der Waals surface area contributed by atoms with Crippen LogP contribution in [0.5, 0.6) is 0 Å². The highest BCUT2D eigenvalue weighted by Crippen LogP contribution is 2.16. The first-order valence-corrected chi connectivity index (χ1v) is 5.20. The van der Waals surface area contributed by atoms with Gasteiger partial charge in [0.05, 0.1) is 14.2 Å².